The molecule has 1 aliphatic carbocycles. The van der Waals surface area contributed by atoms with Gasteiger partial charge in [-0.15, -0.1) is 0 Å². The largest absolute Gasteiger partial charge is 0.328 e. The number of benzene rings is 1. The summed E-state index contributed by atoms with van der Waals surface area (Å²) in [6.07, 6.45) is 4.61. The summed E-state index contributed by atoms with van der Waals surface area (Å²) in [6, 6.07) is 2.24. The fourth-order valence-corrected chi connectivity index (χ4v) is 3.13. The first-order valence-electron chi connectivity index (χ1n) is 6.62. The molecule has 102 valence electrons. The van der Waals surface area contributed by atoms with Crippen molar-refractivity contribution < 1.29 is 8.78 Å². The van der Waals surface area contributed by atoms with E-state index >= 15 is 0 Å². The number of rotatable bonds is 4. The van der Waals surface area contributed by atoms with Crippen molar-refractivity contribution in [1.82, 2.24) is 9.55 Å². The van der Waals surface area contributed by atoms with Gasteiger partial charge in [0.05, 0.1) is 5.52 Å². The van der Waals surface area contributed by atoms with Gasteiger partial charge in [0.2, 0.25) is 0 Å². The molecule has 2 nitrogen and oxygen atoms in total. The summed E-state index contributed by atoms with van der Waals surface area (Å²) in [6.45, 7) is 2.91. The molecule has 0 atom stereocenters. The Balaban J connectivity index is 2.08. The van der Waals surface area contributed by atoms with Crippen LogP contribution >= 0.6 is 12.2 Å². The van der Waals surface area contributed by atoms with Crippen molar-refractivity contribution in [3.05, 3.63) is 28.5 Å². The minimum Gasteiger partial charge on any atom is -0.328 e. The summed E-state index contributed by atoms with van der Waals surface area (Å²) in [5, 5.41) is 0. The number of fused-ring (bicyclic) bond motifs is 1. The minimum absolute atomic E-state index is 0.283. The van der Waals surface area contributed by atoms with E-state index in [0.29, 0.717) is 15.8 Å². The zero-order valence-corrected chi connectivity index (χ0v) is 11.6. The molecule has 1 aromatic heterocycles. The fraction of sp³-hybridized carbons (Fsp3) is 0.500. The van der Waals surface area contributed by atoms with Crippen molar-refractivity contribution in [1.29, 1.82) is 0 Å². The molecule has 3 rings (SSSR count). The molecule has 2 aromatic rings. The van der Waals surface area contributed by atoms with Crippen LogP contribution < -0.4 is 0 Å². The lowest BCUT2D eigenvalue weighted by Gasteiger charge is -2.15. The van der Waals surface area contributed by atoms with Crippen LogP contribution in [0.15, 0.2) is 12.1 Å². The van der Waals surface area contributed by atoms with Gasteiger partial charge in [0, 0.05) is 12.6 Å². The van der Waals surface area contributed by atoms with E-state index in [1.54, 1.807) is 0 Å². The molecule has 0 bridgehead atoms. The Hall–Kier alpha value is -1.23. The first-order chi connectivity index (χ1) is 9.04. The first kappa shape index (κ1) is 12.8. The Kier molecular flexibility index (Phi) is 2.96. The molecule has 1 saturated carbocycles. The third-order valence-corrected chi connectivity index (χ3v) is 4.36. The van der Waals surface area contributed by atoms with E-state index in [4.69, 9.17) is 12.2 Å². The lowest BCUT2D eigenvalue weighted by Crippen LogP contribution is -2.11. The topological polar surface area (TPSA) is 20.7 Å². The average molecular weight is 282 g/mol. The maximum atomic E-state index is 13.7. The van der Waals surface area contributed by atoms with Crippen LogP contribution in [-0.2, 0) is 6.54 Å². The summed E-state index contributed by atoms with van der Waals surface area (Å²) in [5.41, 5.74) is 1.12. The number of nitrogens with one attached hydrogen (secondary N) is 1. The first-order valence-corrected chi connectivity index (χ1v) is 7.03. The second-order valence-electron chi connectivity index (χ2n) is 5.55. The quantitative estimate of drug-likeness (QED) is 0.815. The Bertz CT molecular complexity index is 683. The van der Waals surface area contributed by atoms with Crippen molar-refractivity contribution in [2.75, 3.05) is 0 Å². The second-order valence-corrected chi connectivity index (χ2v) is 5.93. The Labute approximate surface area is 115 Å². The van der Waals surface area contributed by atoms with Gasteiger partial charge in [-0.1, -0.05) is 13.3 Å². The van der Waals surface area contributed by atoms with Gasteiger partial charge < -0.3 is 9.55 Å². The molecule has 1 N–H and O–H groups in total. The van der Waals surface area contributed by atoms with Crippen LogP contribution in [-0.4, -0.2) is 9.55 Å². The van der Waals surface area contributed by atoms with Gasteiger partial charge in [-0.3, -0.25) is 0 Å². The van der Waals surface area contributed by atoms with Crippen LogP contribution in [0.1, 0.15) is 32.6 Å². The van der Waals surface area contributed by atoms with E-state index in [9.17, 15) is 8.78 Å². The van der Waals surface area contributed by atoms with Crippen LogP contribution in [0.4, 0.5) is 8.78 Å². The summed E-state index contributed by atoms with van der Waals surface area (Å²) < 4.78 is 29.4. The average Bonchev–Trinajstić information content (AvgIpc) is 3.02. The van der Waals surface area contributed by atoms with E-state index < -0.39 is 11.6 Å². The molecule has 0 unspecified atom stereocenters. The molecular formula is C14H16F2N2S. The number of aromatic nitrogens is 2. The lowest BCUT2D eigenvalue weighted by atomic mass is 10.0. The van der Waals surface area contributed by atoms with Gasteiger partial charge in [0.25, 0.3) is 0 Å². The van der Waals surface area contributed by atoms with Gasteiger partial charge in [0.1, 0.15) is 11.3 Å². The lowest BCUT2D eigenvalue weighted by molar-refractivity contribution is 0.391. The number of imidazole rings is 1. The molecule has 0 aliphatic heterocycles. The molecule has 0 amide bonds. The van der Waals surface area contributed by atoms with Crippen LogP contribution in [0.5, 0.6) is 0 Å². The summed E-state index contributed by atoms with van der Waals surface area (Å²) in [4.78, 5) is 2.85. The van der Waals surface area contributed by atoms with Crippen molar-refractivity contribution in [3.8, 4) is 0 Å². The summed E-state index contributed by atoms with van der Waals surface area (Å²) in [5.74, 6) is -1.15. The highest BCUT2D eigenvalue weighted by Crippen LogP contribution is 2.51. The van der Waals surface area contributed by atoms with E-state index in [0.717, 1.165) is 25.5 Å². The van der Waals surface area contributed by atoms with Crippen LogP contribution in [0.2, 0.25) is 0 Å². The van der Waals surface area contributed by atoms with Crippen molar-refractivity contribution in [2.45, 2.75) is 39.2 Å². The number of H-pyrrole nitrogens is 1. The minimum atomic E-state index is -0.583. The summed E-state index contributed by atoms with van der Waals surface area (Å²) >= 11 is 5.25. The Morgan fingerprint density at radius 2 is 2.11 bits per heavy atom. The number of halogens is 2. The predicted molar refractivity (Wildman–Crippen MR) is 73.6 cm³/mol. The number of hydrogen-bond acceptors (Lipinski definition) is 1. The van der Waals surface area contributed by atoms with E-state index in [1.807, 2.05) is 4.57 Å². The molecule has 0 saturated heterocycles. The SMILES string of the molecule is CCCC1(Cn2c(=S)[nH]c3c(F)cc(F)cc32)CC1. The number of hydrogen-bond donors (Lipinski definition) is 1. The molecule has 1 aliphatic rings. The standard InChI is InChI=1S/C14H16F2N2S/c1-2-3-14(4-5-14)8-18-11-7-9(15)6-10(16)12(11)17-13(18)19/h6-7H,2-5,8H2,1H3,(H,17,19). The Morgan fingerprint density at radius 1 is 1.37 bits per heavy atom. The highest BCUT2D eigenvalue weighted by molar-refractivity contribution is 7.71. The number of aromatic amines is 1. The second kappa shape index (κ2) is 4.40. The highest BCUT2D eigenvalue weighted by Gasteiger charge is 2.42. The van der Waals surface area contributed by atoms with Gasteiger partial charge in [0.15, 0.2) is 10.6 Å². The molecule has 1 aromatic carbocycles. The molecule has 5 heteroatoms. The smallest absolute Gasteiger partial charge is 0.178 e. The van der Waals surface area contributed by atoms with E-state index in [1.165, 1.54) is 18.9 Å². The molecular weight excluding hydrogens is 266 g/mol. The highest BCUT2D eigenvalue weighted by atomic mass is 32.1. The van der Waals surface area contributed by atoms with Crippen LogP contribution in [0.3, 0.4) is 0 Å². The number of nitrogens with zero attached hydrogens (tertiary/aromatic N) is 1. The predicted octanol–water partition coefficient (Wildman–Crippen LogP) is 4.56. The van der Waals surface area contributed by atoms with Gasteiger partial charge in [-0.2, -0.15) is 0 Å². The molecule has 1 heterocycles. The van der Waals surface area contributed by atoms with Gasteiger partial charge >= 0.3 is 0 Å². The van der Waals surface area contributed by atoms with Crippen molar-refractivity contribution in [3.63, 3.8) is 0 Å². The third-order valence-electron chi connectivity index (χ3n) is 4.03. The zero-order chi connectivity index (χ0) is 13.6. The maximum Gasteiger partial charge on any atom is 0.178 e. The normalized spacial score (nSPS) is 17.0. The monoisotopic (exact) mass is 282 g/mol. The van der Waals surface area contributed by atoms with Crippen molar-refractivity contribution in [2.24, 2.45) is 5.41 Å². The van der Waals surface area contributed by atoms with E-state index in [-0.39, 0.29) is 5.41 Å². The van der Waals surface area contributed by atoms with Crippen LogP contribution in [0.25, 0.3) is 11.0 Å². The third kappa shape index (κ3) is 2.20. The fourth-order valence-electron chi connectivity index (χ4n) is 2.87. The van der Waals surface area contributed by atoms with E-state index in [2.05, 4.69) is 11.9 Å². The van der Waals surface area contributed by atoms with Gasteiger partial charge in [-0.25, -0.2) is 8.78 Å². The van der Waals surface area contributed by atoms with Crippen LogP contribution in [0, 0.1) is 21.8 Å². The van der Waals surface area contributed by atoms with Gasteiger partial charge in [-0.05, 0) is 43.0 Å². The zero-order valence-electron chi connectivity index (χ0n) is 10.8. The summed E-state index contributed by atoms with van der Waals surface area (Å²) in [7, 11) is 0. The Morgan fingerprint density at radius 3 is 2.74 bits per heavy atom. The molecule has 19 heavy (non-hydrogen) atoms. The molecule has 1 fully saturated rings. The molecule has 0 radical (unpaired) electrons. The molecule has 0 spiro atoms. The maximum absolute atomic E-state index is 13.7. The van der Waals surface area contributed by atoms with Crippen molar-refractivity contribution >= 4 is 23.3 Å².